The van der Waals surface area contributed by atoms with Gasteiger partial charge in [0.1, 0.15) is 0 Å². The van der Waals surface area contributed by atoms with Crippen LogP contribution in [0.15, 0.2) is 38.8 Å². The van der Waals surface area contributed by atoms with Crippen molar-refractivity contribution < 1.29 is 26.0 Å². The van der Waals surface area contributed by atoms with Gasteiger partial charge in [-0.2, -0.15) is 13.2 Å². The number of hydrogen-bond acceptors (Lipinski definition) is 6. The molecule has 14 heteroatoms. The molecule has 2 heterocycles. The molecule has 0 bridgehead atoms. The van der Waals surface area contributed by atoms with Crippen LogP contribution < -0.4 is 11.2 Å². The second-order valence-corrected chi connectivity index (χ2v) is 11.9. The molecule has 3 aromatic rings. The van der Waals surface area contributed by atoms with Crippen LogP contribution in [0.2, 0.25) is 5.02 Å². The highest BCUT2D eigenvalue weighted by atomic mass is 35.5. The van der Waals surface area contributed by atoms with E-state index in [0.29, 0.717) is 36.8 Å². The fourth-order valence-electron chi connectivity index (χ4n) is 4.48. The van der Waals surface area contributed by atoms with E-state index in [1.165, 1.54) is 25.1 Å². The molecular weight excluding hydrogens is 552 g/mol. The average molecular weight is 577 g/mol. The highest BCUT2D eigenvalue weighted by Crippen LogP contribution is 2.36. The molecule has 0 radical (unpaired) electrons. The van der Waals surface area contributed by atoms with Gasteiger partial charge in [-0.15, -0.1) is 0 Å². The molecule has 2 aromatic carbocycles. The van der Waals surface area contributed by atoms with E-state index in [4.69, 9.17) is 11.6 Å². The minimum absolute atomic E-state index is 0.00509. The Morgan fingerprint density at radius 2 is 1.71 bits per heavy atom. The first-order valence-electron chi connectivity index (χ1n) is 11.7. The van der Waals surface area contributed by atoms with E-state index in [1.54, 1.807) is 4.90 Å². The number of nitrogens with one attached hydrogen (secondary N) is 1. The number of likely N-dealkylation sites (N-methyl/N-ethyl adjacent to an activating group) is 1. The first-order chi connectivity index (χ1) is 17.7. The molecule has 206 valence electrons. The molecule has 0 amide bonds. The Hall–Kier alpha value is -2.74. The van der Waals surface area contributed by atoms with Crippen LogP contribution in [0, 0.1) is 5.82 Å². The summed E-state index contributed by atoms with van der Waals surface area (Å²) in [6, 6.07) is 4.35. The Bertz CT molecular complexity index is 1610. The molecule has 1 aliphatic rings. The Morgan fingerprint density at radius 3 is 2.32 bits per heavy atom. The third-order valence-electron chi connectivity index (χ3n) is 6.67. The van der Waals surface area contributed by atoms with Crippen LogP contribution in [-0.2, 0) is 29.1 Å². The fourth-order valence-corrected chi connectivity index (χ4v) is 5.78. The first-order valence-corrected chi connectivity index (χ1v) is 13.7. The normalized spacial score (nSPS) is 15.9. The number of H-pyrrole nitrogens is 1. The highest BCUT2D eigenvalue weighted by molar-refractivity contribution is 7.91. The quantitative estimate of drug-likeness (QED) is 0.453. The summed E-state index contributed by atoms with van der Waals surface area (Å²) in [6.45, 7) is 2.48. The van der Waals surface area contributed by atoms with E-state index in [1.807, 2.05) is 11.9 Å². The average Bonchev–Trinajstić information content (AvgIpc) is 2.84. The Morgan fingerprint density at radius 1 is 1.05 bits per heavy atom. The number of piperazine rings is 1. The monoisotopic (exact) mass is 576 g/mol. The van der Waals surface area contributed by atoms with Crippen molar-refractivity contribution in [2.24, 2.45) is 0 Å². The molecule has 38 heavy (non-hydrogen) atoms. The molecule has 0 spiro atoms. The molecule has 1 saturated heterocycles. The number of halogens is 5. The second-order valence-electron chi connectivity index (χ2n) is 9.19. The molecule has 0 saturated carbocycles. The van der Waals surface area contributed by atoms with Crippen LogP contribution >= 0.6 is 11.6 Å². The number of rotatable bonds is 6. The summed E-state index contributed by atoms with van der Waals surface area (Å²) in [4.78, 5) is 31.8. The Kier molecular flexibility index (Phi) is 7.77. The summed E-state index contributed by atoms with van der Waals surface area (Å²) in [5, 5.41) is -0.558. The molecule has 0 aliphatic carbocycles. The molecule has 1 fully saturated rings. The number of aromatic nitrogens is 2. The number of nitrogens with zero attached hydrogens (tertiary/aromatic N) is 3. The second kappa shape index (κ2) is 10.4. The van der Waals surface area contributed by atoms with Crippen LogP contribution in [0.5, 0.6) is 0 Å². The number of sulfone groups is 1. The lowest BCUT2D eigenvalue weighted by molar-refractivity contribution is -0.138. The van der Waals surface area contributed by atoms with Gasteiger partial charge in [-0.05, 0) is 36.9 Å². The van der Waals surface area contributed by atoms with E-state index in [0.717, 1.165) is 0 Å². The van der Waals surface area contributed by atoms with Crippen molar-refractivity contribution in [1.82, 2.24) is 19.4 Å². The van der Waals surface area contributed by atoms with Gasteiger partial charge in [0.15, 0.2) is 15.7 Å². The van der Waals surface area contributed by atoms with Crippen LogP contribution in [0.25, 0.3) is 10.9 Å². The largest absolute Gasteiger partial charge is 0.416 e. The highest BCUT2D eigenvalue weighted by Gasteiger charge is 2.37. The van der Waals surface area contributed by atoms with Gasteiger partial charge in [-0.25, -0.2) is 17.6 Å². The van der Waals surface area contributed by atoms with Gasteiger partial charge in [0.25, 0.3) is 5.56 Å². The van der Waals surface area contributed by atoms with Gasteiger partial charge >= 0.3 is 11.9 Å². The van der Waals surface area contributed by atoms with E-state index < -0.39 is 61.7 Å². The molecule has 1 N–H and O–H groups in total. The summed E-state index contributed by atoms with van der Waals surface area (Å²) in [5.41, 5.74) is -4.91. The lowest BCUT2D eigenvalue weighted by Gasteiger charge is -2.33. The van der Waals surface area contributed by atoms with E-state index in [9.17, 15) is 31.2 Å². The smallest absolute Gasteiger partial charge is 0.304 e. The van der Waals surface area contributed by atoms with Crippen LogP contribution in [0.4, 0.5) is 17.6 Å². The number of aromatic amines is 1. The van der Waals surface area contributed by atoms with Gasteiger partial charge < -0.3 is 9.88 Å². The zero-order valence-electron chi connectivity index (χ0n) is 20.5. The summed E-state index contributed by atoms with van der Waals surface area (Å²) in [5.74, 6) is -1.60. The van der Waals surface area contributed by atoms with E-state index in [2.05, 4.69) is 4.98 Å². The number of benzene rings is 2. The Balaban J connectivity index is 1.88. The standard InChI is InChI=1S/C24H25ClF4N4O4S/c1-3-38(36,37)19-5-4-15(25)10-14(19)12-33-22(34)16-11-18(24(27,28)29)17(20(26)21(16)30-23(33)35)13-32-8-6-31(2)7-9-32/h4-5,10-11H,3,6-9,12-13H2,1-2H3,(H,30,35). The molecule has 1 aromatic heterocycles. The first kappa shape index (κ1) is 28.3. The van der Waals surface area contributed by atoms with Gasteiger partial charge in [-0.1, -0.05) is 18.5 Å². The number of hydrogen-bond donors (Lipinski definition) is 1. The van der Waals surface area contributed by atoms with Crippen molar-refractivity contribution in [1.29, 1.82) is 0 Å². The predicted molar refractivity (Wildman–Crippen MR) is 135 cm³/mol. The minimum Gasteiger partial charge on any atom is -0.304 e. The molecule has 1 aliphatic heterocycles. The minimum atomic E-state index is -4.97. The lowest BCUT2D eigenvalue weighted by Crippen LogP contribution is -2.44. The molecule has 0 unspecified atom stereocenters. The third-order valence-corrected chi connectivity index (χ3v) is 8.73. The van der Waals surface area contributed by atoms with Crippen molar-refractivity contribution in [2.75, 3.05) is 39.0 Å². The maximum atomic E-state index is 15.6. The maximum absolute atomic E-state index is 15.6. The lowest BCUT2D eigenvalue weighted by atomic mass is 10.0. The van der Waals surface area contributed by atoms with E-state index >= 15 is 4.39 Å². The molecule has 0 atom stereocenters. The predicted octanol–water partition coefficient (Wildman–Crippen LogP) is 3.09. The third kappa shape index (κ3) is 5.51. The van der Waals surface area contributed by atoms with Crippen molar-refractivity contribution in [3.63, 3.8) is 0 Å². The summed E-state index contributed by atoms with van der Waals surface area (Å²) >= 11 is 6.00. The van der Waals surface area contributed by atoms with Crippen molar-refractivity contribution in [3.05, 3.63) is 72.6 Å². The van der Waals surface area contributed by atoms with Crippen LogP contribution in [0.1, 0.15) is 23.6 Å². The fraction of sp³-hybridized carbons (Fsp3) is 0.417. The van der Waals surface area contributed by atoms with Crippen molar-refractivity contribution >= 4 is 32.3 Å². The molecular formula is C24H25ClF4N4O4S. The SMILES string of the molecule is CCS(=O)(=O)c1ccc(Cl)cc1Cn1c(=O)[nH]c2c(F)c(CN3CCN(C)CC3)c(C(F)(F)F)cc2c1=O. The van der Waals surface area contributed by atoms with Crippen molar-refractivity contribution in [2.45, 2.75) is 31.1 Å². The van der Waals surface area contributed by atoms with Gasteiger partial charge in [0.2, 0.25) is 0 Å². The Labute approximate surface area is 220 Å². The zero-order valence-corrected chi connectivity index (χ0v) is 22.1. The molecule has 4 rings (SSSR count). The number of fused-ring (bicyclic) bond motifs is 1. The van der Waals surface area contributed by atoms with Crippen LogP contribution in [-0.4, -0.2) is 66.7 Å². The zero-order chi connectivity index (χ0) is 28.0. The van der Waals surface area contributed by atoms with Gasteiger partial charge in [-0.3, -0.25) is 14.3 Å². The summed E-state index contributed by atoms with van der Waals surface area (Å²) < 4.78 is 83.3. The van der Waals surface area contributed by atoms with Gasteiger partial charge in [0.05, 0.1) is 33.7 Å². The van der Waals surface area contributed by atoms with Crippen LogP contribution in [0.3, 0.4) is 0 Å². The van der Waals surface area contributed by atoms with Gasteiger partial charge in [0, 0.05) is 43.3 Å². The van der Waals surface area contributed by atoms with E-state index in [-0.39, 0.29) is 27.8 Å². The summed E-state index contributed by atoms with van der Waals surface area (Å²) in [7, 11) is -1.92. The van der Waals surface area contributed by atoms with Crippen molar-refractivity contribution in [3.8, 4) is 0 Å². The number of alkyl halides is 3. The molecule has 8 nitrogen and oxygen atoms in total. The summed E-state index contributed by atoms with van der Waals surface area (Å²) in [6.07, 6.45) is -4.97. The topological polar surface area (TPSA) is 95.5 Å². The maximum Gasteiger partial charge on any atom is 0.416 e.